The zero-order valence-electron chi connectivity index (χ0n) is 8.83. The average molecular weight is 191 g/mol. The van der Waals surface area contributed by atoms with Crippen molar-refractivity contribution >= 4 is 5.69 Å². The highest BCUT2D eigenvalue weighted by Crippen LogP contribution is 2.15. The lowest BCUT2D eigenvalue weighted by Gasteiger charge is -2.33. The smallest absolute Gasteiger partial charge is 0.0400 e. The van der Waals surface area contributed by atoms with Gasteiger partial charge in [0, 0.05) is 43.3 Å². The fraction of sp³-hybridized carbons (Fsp3) is 0.545. The molecule has 1 saturated heterocycles. The fourth-order valence-electron chi connectivity index (χ4n) is 1.89. The molecule has 1 aromatic heterocycles. The lowest BCUT2D eigenvalue weighted by Crippen LogP contribution is -2.49. The largest absolute Gasteiger partial charge is 0.369 e. The maximum Gasteiger partial charge on any atom is 0.0400 e. The van der Waals surface area contributed by atoms with Crippen molar-refractivity contribution in [1.29, 1.82) is 0 Å². The van der Waals surface area contributed by atoms with Crippen molar-refractivity contribution in [2.45, 2.75) is 19.9 Å². The third kappa shape index (κ3) is 2.04. The third-order valence-electron chi connectivity index (χ3n) is 2.61. The minimum atomic E-state index is 0.581. The Balaban J connectivity index is 2.14. The van der Waals surface area contributed by atoms with Gasteiger partial charge in [-0.05, 0) is 26.0 Å². The van der Waals surface area contributed by atoms with Crippen LogP contribution in [0.15, 0.2) is 18.3 Å². The van der Waals surface area contributed by atoms with E-state index in [4.69, 9.17) is 0 Å². The quantitative estimate of drug-likeness (QED) is 0.722. The summed E-state index contributed by atoms with van der Waals surface area (Å²) in [6.45, 7) is 7.51. The lowest BCUT2D eigenvalue weighted by atomic mass is 10.2. The summed E-state index contributed by atoms with van der Waals surface area (Å²) >= 11 is 0. The number of hydrogen-bond donors (Lipinski definition) is 1. The predicted molar refractivity (Wildman–Crippen MR) is 58.7 cm³/mol. The molecule has 3 heteroatoms. The first kappa shape index (κ1) is 9.46. The van der Waals surface area contributed by atoms with E-state index in [1.807, 2.05) is 13.1 Å². The number of rotatable bonds is 1. The molecule has 0 amide bonds. The van der Waals surface area contributed by atoms with Crippen LogP contribution in [0.3, 0.4) is 0 Å². The Morgan fingerprint density at radius 2 is 2.43 bits per heavy atom. The number of aryl methyl sites for hydroxylation is 1. The van der Waals surface area contributed by atoms with E-state index in [2.05, 4.69) is 34.3 Å². The van der Waals surface area contributed by atoms with Crippen LogP contribution in [0.1, 0.15) is 12.6 Å². The van der Waals surface area contributed by atoms with E-state index >= 15 is 0 Å². The van der Waals surface area contributed by atoms with Gasteiger partial charge in [0.15, 0.2) is 0 Å². The first-order valence-electron chi connectivity index (χ1n) is 5.17. The van der Waals surface area contributed by atoms with Crippen LogP contribution >= 0.6 is 0 Å². The zero-order valence-corrected chi connectivity index (χ0v) is 8.83. The van der Waals surface area contributed by atoms with E-state index < -0.39 is 0 Å². The number of hydrogen-bond acceptors (Lipinski definition) is 3. The highest BCUT2D eigenvalue weighted by molar-refractivity contribution is 5.47. The monoisotopic (exact) mass is 191 g/mol. The first-order chi connectivity index (χ1) is 6.75. The molecule has 1 aliphatic heterocycles. The molecule has 0 aromatic carbocycles. The minimum absolute atomic E-state index is 0.581. The van der Waals surface area contributed by atoms with Gasteiger partial charge in [0.1, 0.15) is 0 Å². The second-order valence-corrected chi connectivity index (χ2v) is 3.96. The predicted octanol–water partition coefficient (Wildman–Crippen LogP) is 1.19. The molecule has 1 N–H and O–H groups in total. The van der Waals surface area contributed by atoms with Gasteiger partial charge >= 0.3 is 0 Å². The Labute approximate surface area is 85.1 Å². The highest BCUT2D eigenvalue weighted by atomic mass is 15.2. The molecule has 2 rings (SSSR count). The molecule has 0 saturated carbocycles. The number of pyridine rings is 1. The average Bonchev–Trinajstić information content (AvgIpc) is 2.18. The van der Waals surface area contributed by atoms with Gasteiger partial charge in [0.2, 0.25) is 0 Å². The van der Waals surface area contributed by atoms with Crippen molar-refractivity contribution < 1.29 is 0 Å². The standard InChI is InChI=1S/C11H17N3/c1-9-7-11(3-4-12-9)14-6-5-13-10(2)8-14/h3-4,7,10,13H,5-6,8H2,1-2H3/t10-/m1/s1. The molecule has 0 spiro atoms. The summed E-state index contributed by atoms with van der Waals surface area (Å²) in [5.74, 6) is 0. The summed E-state index contributed by atoms with van der Waals surface area (Å²) in [6, 6.07) is 4.82. The van der Waals surface area contributed by atoms with E-state index in [-0.39, 0.29) is 0 Å². The summed E-state index contributed by atoms with van der Waals surface area (Å²) in [6.07, 6.45) is 1.89. The number of anilines is 1. The van der Waals surface area contributed by atoms with E-state index in [1.54, 1.807) is 0 Å². The molecule has 0 radical (unpaired) electrons. The van der Waals surface area contributed by atoms with E-state index in [0.717, 1.165) is 25.3 Å². The molecule has 1 aromatic rings. The summed E-state index contributed by atoms with van der Waals surface area (Å²) in [5.41, 5.74) is 2.39. The summed E-state index contributed by atoms with van der Waals surface area (Å²) in [5, 5.41) is 3.44. The molecular formula is C11H17N3. The van der Waals surface area contributed by atoms with Gasteiger partial charge in [0.05, 0.1) is 0 Å². The maximum absolute atomic E-state index is 4.21. The number of nitrogens with one attached hydrogen (secondary N) is 1. The van der Waals surface area contributed by atoms with Gasteiger partial charge in [-0.25, -0.2) is 0 Å². The van der Waals surface area contributed by atoms with Crippen LogP contribution in [0, 0.1) is 6.92 Å². The third-order valence-corrected chi connectivity index (χ3v) is 2.61. The minimum Gasteiger partial charge on any atom is -0.369 e. The molecule has 0 bridgehead atoms. The van der Waals surface area contributed by atoms with Crippen LogP contribution in [-0.4, -0.2) is 30.7 Å². The topological polar surface area (TPSA) is 28.2 Å². The van der Waals surface area contributed by atoms with Crippen LogP contribution < -0.4 is 10.2 Å². The van der Waals surface area contributed by atoms with Crippen molar-refractivity contribution in [2.75, 3.05) is 24.5 Å². The second kappa shape index (κ2) is 3.96. The van der Waals surface area contributed by atoms with Crippen LogP contribution in [0.25, 0.3) is 0 Å². The van der Waals surface area contributed by atoms with Crippen LogP contribution in [0.5, 0.6) is 0 Å². The Morgan fingerprint density at radius 1 is 1.57 bits per heavy atom. The Bertz CT molecular complexity index is 311. The lowest BCUT2D eigenvalue weighted by molar-refractivity contribution is 0.484. The molecule has 0 aliphatic carbocycles. The molecule has 1 fully saturated rings. The molecule has 14 heavy (non-hydrogen) atoms. The molecular weight excluding hydrogens is 174 g/mol. The van der Waals surface area contributed by atoms with E-state index in [0.29, 0.717) is 6.04 Å². The second-order valence-electron chi connectivity index (χ2n) is 3.96. The van der Waals surface area contributed by atoms with Gasteiger partial charge in [-0.15, -0.1) is 0 Å². The number of piperazine rings is 1. The van der Waals surface area contributed by atoms with Crippen LogP contribution in [0.4, 0.5) is 5.69 Å². The summed E-state index contributed by atoms with van der Waals surface area (Å²) in [7, 11) is 0. The van der Waals surface area contributed by atoms with Gasteiger partial charge < -0.3 is 10.2 Å². The van der Waals surface area contributed by atoms with Gasteiger partial charge in [-0.3, -0.25) is 4.98 Å². The van der Waals surface area contributed by atoms with Crippen LogP contribution in [0.2, 0.25) is 0 Å². The Kier molecular flexibility index (Phi) is 2.68. The molecule has 1 atom stereocenters. The molecule has 2 heterocycles. The molecule has 1 aliphatic rings. The molecule has 76 valence electrons. The van der Waals surface area contributed by atoms with Gasteiger partial charge in [-0.2, -0.15) is 0 Å². The Morgan fingerprint density at radius 3 is 3.14 bits per heavy atom. The van der Waals surface area contributed by atoms with Gasteiger partial charge in [0.25, 0.3) is 0 Å². The van der Waals surface area contributed by atoms with Crippen molar-refractivity contribution in [3.63, 3.8) is 0 Å². The molecule has 0 unspecified atom stereocenters. The van der Waals surface area contributed by atoms with Crippen LogP contribution in [-0.2, 0) is 0 Å². The van der Waals surface area contributed by atoms with Crippen molar-refractivity contribution in [1.82, 2.24) is 10.3 Å². The summed E-state index contributed by atoms with van der Waals surface area (Å²) in [4.78, 5) is 6.62. The first-order valence-corrected chi connectivity index (χ1v) is 5.17. The number of nitrogens with zero attached hydrogens (tertiary/aromatic N) is 2. The van der Waals surface area contributed by atoms with E-state index in [9.17, 15) is 0 Å². The summed E-state index contributed by atoms with van der Waals surface area (Å²) < 4.78 is 0. The number of aromatic nitrogens is 1. The van der Waals surface area contributed by atoms with E-state index in [1.165, 1.54) is 5.69 Å². The normalized spacial score (nSPS) is 22.4. The SMILES string of the molecule is Cc1cc(N2CCN[C@H](C)C2)ccn1. The van der Waals surface area contributed by atoms with Crippen molar-refractivity contribution in [3.05, 3.63) is 24.0 Å². The maximum atomic E-state index is 4.21. The van der Waals surface area contributed by atoms with Crippen molar-refractivity contribution in [3.8, 4) is 0 Å². The highest BCUT2D eigenvalue weighted by Gasteiger charge is 2.15. The Hall–Kier alpha value is -1.09. The molecule has 3 nitrogen and oxygen atoms in total. The van der Waals surface area contributed by atoms with Gasteiger partial charge in [-0.1, -0.05) is 0 Å². The zero-order chi connectivity index (χ0) is 9.97. The fourth-order valence-corrected chi connectivity index (χ4v) is 1.89. The van der Waals surface area contributed by atoms with Crippen molar-refractivity contribution in [2.24, 2.45) is 0 Å².